The molecule has 0 bridgehead atoms. The smallest absolute Gasteiger partial charge is 0.344 e. The molecule has 2 aromatic carbocycles. The summed E-state index contributed by atoms with van der Waals surface area (Å²) in [7, 11) is 0. The maximum Gasteiger partial charge on any atom is 0.344 e. The second-order valence-corrected chi connectivity index (χ2v) is 5.09. The molecule has 1 amide bonds. The van der Waals surface area contributed by atoms with Gasteiger partial charge in [0.05, 0.1) is 11.1 Å². The Balaban J connectivity index is 2.30. The highest BCUT2D eigenvalue weighted by atomic mass is 35.5. The van der Waals surface area contributed by atoms with Gasteiger partial charge in [-0.15, -0.1) is 0 Å². The van der Waals surface area contributed by atoms with Gasteiger partial charge >= 0.3 is 5.63 Å². The van der Waals surface area contributed by atoms with Crippen LogP contribution in [0.4, 0.5) is 0 Å². The third-order valence-corrected chi connectivity index (χ3v) is 3.52. The highest BCUT2D eigenvalue weighted by molar-refractivity contribution is 6.31. The van der Waals surface area contributed by atoms with Crippen molar-refractivity contribution < 1.29 is 9.21 Å². The van der Waals surface area contributed by atoms with Crippen LogP contribution in [-0.2, 0) is 0 Å². The zero-order valence-corrected chi connectivity index (χ0v) is 12.1. The van der Waals surface area contributed by atoms with E-state index in [-0.39, 0.29) is 11.1 Å². The predicted octanol–water partition coefficient (Wildman–Crippen LogP) is 2.72. The summed E-state index contributed by atoms with van der Waals surface area (Å²) in [4.78, 5) is 24.1. The summed E-state index contributed by atoms with van der Waals surface area (Å²) in [5.41, 5.74) is 2.88. The molecule has 3 rings (SSSR count). The molecule has 0 atom stereocenters. The molecule has 5 nitrogen and oxygen atoms in total. The van der Waals surface area contributed by atoms with Crippen LogP contribution < -0.4 is 16.9 Å². The van der Waals surface area contributed by atoms with Crippen LogP contribution in [0.1, 0.15) is 10.4 Å². The van der Waals surface area contributed by atoms with Crippen molar-refractivity contribution in [2.75, 3.05) is 0 Å². The molecular formula is C16H11ClN2O3. The van der Waals surface area contributed by atoms with Crippen LogP contribution in [0, 0.1) is 0 Å². The number of benzene rings is 2. The number of nitrogen functional groups attached to an aromatic ring is 1. The lowest BCUT2D eigenvalue weighted by Gasteiger charge is -2.09. The third-order valence-electron chi connectivity index (χ3n) is 3.29. The second kappa shape index (κ2) is 5.63. The highest BCUT2D eigenvalue weighted by Crippen LogP contribution is 2.26. The van der Waals surface area contributed by atoms with Gasteiger partial charge < -0.3 is 4.42 Å². The molecule has 110 valence electrons. The summed E-state index contributed by atoms with van der Waals surface area (Å²) in [6.45, 7) is 0. The Kier molecular flexibility index (Phi) is 3.66. The van der Waals surface area contributed by atoms with Crippen molar-refractivity contribution in [3.8, 4) is 11.1 Å². The van der Waals surface area contributed by atoms with E-state index in [1.54, 1.807) is 30.3 Å². The van der Waals surface area contributed by atoms with Crippen LogP contribution in [-0.4, -0.2) is 5.91 Å². The molecular weight excluding hydrogens is 304 g/mol. The highest BCUT2D eigenvalue weighted by Gasteiger charge is 2.16. The Morgan fingerprint density at radius 1 is 1.09 bits per heavy atom. The SMILES string of the molecule is NNC(=O)c1cc(Cl)ccc1-c1cc2ccccc2oc1=O. The van der Waals surface area contributed by atoms with Crippen molar-refractivity contribution in [1.29, 1.82) is 0 Å². The van der Waals surface area contributed by atoms with Gasteiger partial charge in [-0.3, -0.25) is 10.2 Å². The Morgan fingerprint density at radius 3 is 2.64 bits per heavy atom. The molecule has 3 aromatic rings. The van der Waals surface area contributed by atoms with Crippen LogP contribution >= 0.6 is 11.6 Å². The molecule has 1 heterocycles. The van der Waals surface area contributed by atoms with Gasteiger partial charge in [-0.25, -0.2) is 10.6 Å². The zero-order chi connectivity index (χ0) is 15.7. The molecule has 6 heteroatoms. The van der Waals surface area contributed by atoms with Crippen LogP contribution in [0.3, 0.4) is 0 Å². The first-order chi connectivity index (χ1) is 10.6. The van der Waals surface area contributed by atoms with Gasteiger partial charge in [-0.2, -0.15) is 0 Å². The summed E-state index contributed by atoms with van der Waals surface area (Å²) >= 11 is 5.92. The van der Waals surface area contributed by atoms with Crippen LogP contribution in [0.25, 0.3) is 22.1 Å². The Bertz CT molecular complexity index is 934. The van der Waals surface area contributed by atoms with Crippen molar-refractivity contribution in [3.05, 3.63) is 69.5 Å². The number of hydrogen-bond donors (Lipinski definition) is 2. The number of rotatable bonds is 2. The Labute approximate surface area is 130 Å². The lowest BCUT2D eigenvalue weighted by Crippen LogP contribution is -2.30. The maximum atomic E-state index is 12.2. The first-order valence-electron chi connectivity index (χ1n) is 6.44. The molecule has 0 saturated heterocycles. The molecule has 0 saturated carbocycles. The average Bonchev–Trinajstić information content (AvgIpc) is 2.53. The van der Waals surface area contributed by atoms with E-state index in [1.807, 2.05) is 17.6 Å². The maximum absolute atomic E-state index is 12.2. The molecule has 0 aliphatic heterocycles. The first kappa shape index (κ1) is 14.3. The van der Waals surface area contributed by atoms with Gasteiger partial charge in [0, 0.05) is 16.0 Å². The third kappa shape index (κ3) is 2.47. The topological polar surface area (TPSA) is 85.3 Å². The monoisotopic (exact) mass is 314 g/mol. The minimum absolute atomic E-state index is 0.206. The molecule has 1 aromatic heterocycles. The minimum Gasteiger partial charge on any atom is -0.422 e. The van der Waals surface area contributed by atoms with Gasteiger partial charge in [0.15, 0.2) is 0 Å². The fraction of sp³-hybridized carbons (Fsp3) is 0. The second-order valence-electron chi connectivity index (χ2n) is 4.65. The number of fused-ring (bicyclic) bond motifs is 1. The van der Waals surface area contributed by atoms with E-state index in [2.05, 4.69) is 0 Å². The zero-order valence-electron chi connectivity index (χ0n) is 11.3. The van der Waals surface area contributed by atoms with Gasteiger partial charge in [-0.1, -0.05) is 35.9 Å². The lowest BCUT2D eigenvalue weighted by atomic mass is 9.99. The normalized spacial score (nSPS) is 10.6. The van der Waals surface area contributed by atoms with Gasteiger partial charge in [-0.05, 0) is 24.3 Å². The molecule has 0 fully saturated rings. The number of carbonyl (C=O) groups excluding carboxylic acids is 1. The molecule has 0 radical (unpaired) electrons. The number of nitrogens with two attached hydrogens (primary N) is 1. The number of amides is 1. The quantitative estimate of drug-likeness (QED) is 0.329. The lowest BCUT2D eigenvalue weighted by molar-refractivity contribution is 0.0954. The van der Waals surface area contributed by atoms with Crippen LogP contribution in [0.15, 0.2) is 57.7 Å². The summed E-state index contributed by atoms with van der Waals surface area (Å²) in [5, 5.41) is 1.12. The van der Waals surface area contributed by atoms with Crippen molar-refractivity contribution >= 4 is 28.5 Å². The van der Waals surface area contributed by atoms with E-state index >= 15 is 0 Å². The van der Waals surface area contributed by atoms with Crippen LogP contribution in [0.5, 0.6) is 0 Å². The Hall–Kier alpha value is -2.63. The number of hydrazine groups is 1. The van der Waals surface area contributed by atoms with E-state index in [9.17, 15) is 9.59 Å². The van der Waals surface area contributed by atoms with Crippen molar-refractivity contribution in [3.63, 3.8) is 0 Å². The fourth-order valence-corrected chi connectivity index (χ4v) is 2.44. The Morgan fingerprint density at radius 2 is 1.86 bits per heavy atom. The molecule has 0 unspecified atom stereocenters. The average molecular weight is 315 g/mol. The largest absolute Gasteiger partial charge is 0.422 e. The van der Waals surface area contributed by atoms with E-state index in [4.69, 9.17) is 21.9 Å². The minimum atomic E-state index is -0.537. The van der Waals surface area contributed by atoms with E-state index in [0.717, 1.165) is 5.39 Å². The number of para-hydroxylation sites is 1. The van der Waals surface area contributed by atoms with Crippen LogP contribution in [0.2, 0.25) is 5.02 Å². The molecule has 0 aliphatic rings. The fourth-order valence-electron chi connectivity index (χ4n) is 2.27. The number of halogens is 1. The number of nitrogens with one attached hydrogen (secondary N) is 1. The van der Waals surface area contributed by atoms with Crippen molar-refractivity contribution in [1.82, 2.24) is 5.43 Å². The van der Waals surface area contributed by atoms with Crippen molar-refractivity contribution in [2.24, 2.45) is 5.84 Å². The summed E-state index contributed by atoms with van der Waals surface area (Å²) in [5.74, 6) is 4.65. The first-order valence-corrected chi connectivity index (χ1v) is 6.81. The summed E-state index contributed by atoms with van der Waals surface area (Å²) in [6.07, 6.45) is 0. The van der Waals surface area contributed by atoms with Crippen molar-refractivity contribution in [2.45, 2.75) is 0 Å². The molecule has 22 heavy (non-hydrogen) atoms. The van der Waals surface area contributed by atoms with E-state index in [0.29, 0.717) is 16.2 Å². The van der Waals surface area contributed by atoms with E-state index in [1.165, 1.54) is 6.07 Å². The van der Waals surface area contributed by atoms with Gasteiger partial charge in [0.2, 0.25) is 0 Å². The van der Waals surface area contributed by atoms with Gasteiger partial charge in [0.25, 0.3) is 5.91 Å². The molecule has 0 spiro atoms. The van der Waals surface area contributed by atoms with E-state index < -0.39 is 11.5 Å². The van der Waals surface area contributed by atoms with Gasteiger partial charge in [0.1, 0.15) is 5.58 Å². The number of hydrogen-bond acceptors (Lipinski definition) is 4. The number of carbonyl (C=O) groups is 1. The molecule has 3 N–H and O–H groups in total. The standard InChI is InChI=1S/C16H11ClN2O3/c17-10-5-6-11(12(8-10)15(20)19-18)13-7-9-3-1-2-4-14(9)22-16(13)21/h1-8H,18H2,(H,19,20). The predicted molar refractivity (Wildman–Crippen MR) is 84.6 cm³/mol. The summed E-state index contributed by atoms with van der Waals surface area (Å²) < 4.78 is 5.29. The summed E-state index contributed by atoms with van der Waals surface area (Å²) in [6, 6.07) is 13.5. The molecule has 0 aliphatic carbocycles.